The zero-order valence-corrected chi connectivity index (χ0v) is 12.9. The van der Waals surface area contributed by atoms with Gasteiger partial charge in [-0.05, 0) is 44.2 Å². The molecule has 2 rings (SSSR count). The quantitative estimate of drug-likeness (QED) is 0.777. The number of hydrogen-bond donors (Lipinski definition) is 3. The molecule has 0 radical (unpaired) electrons. The fraction of sp³-hybridized carbons (Fsp3) is 0.500. The minimum absolute atomic E-state index is 0.156. The molecule has 1 fully saturated rings. The van der Waals surface area contributed by atoms with Crippen LogP contribution in [0.5, 0.6) is 0 Å². The number of anilines is 1. The standard InChI is InChI=1S/C14H21N3O3S/c1-16-21(19,20)12-7-5-11(6-8-12)17-13(18)14(15)9-3-2-4-10-14/h5-8,16H,2-4,9-10,15H2,1H3,(H,17,18). The van der Waals surface area contributed by atoms with Gasteiger partial charge in [-0.3, -0.25) is 4.79 Å². The monoisotopic (exact) mass is 311 g/mol. The van der Waals surface area contributed by atoms with Crippen molar-refractivity contribution in [3.05, 3.63) is 24.3 Å². The Morgan fingerprint density at radius 1 is 1.14 bits per heavy atom. The van der Waals surface area contributed by atoms with Gasteiger partial charge < -0.3 is 11.1 Å². The number of nitrogens with two attached hydrogens (primary N) is 1. The molecule has 0 bridgehead atoms. The van der Waals surface area contributed by atoms with Crippen molar-refractivity contribution in [3.63, 3.8) is 0 Å². The molecule has 0 spiro atoms. The third-order valence-corrected chi connectivity index (χ3v) is 5.32. The Bertz CT molecular complexity index is 605. The van der Waals surface area contributed by atoms with Crippen LogP contribution in [0, 0.1) is 0 Å². The van der Waals surface area contributed by atoms with Gasteiger partial charge in [-0.15, -0.1) is 0 Å². The summed E-state index contributed by atoms with van der Waals surface area (Å²) in [4.78, 5) is 12.4. The van der Waals surface area contributed by atoms with Crippen molar-refractivity contribution in [1.82, 2.24) is 4.72 Å². The largest absolute Gasteiger partial charge is 0.324 e. The lowest BCUT2D eigenvalue weighted by atomic mass is 9.82. The van der Waals surface area contributed by atoms with Crippen LogP contribution < -0.4 is 15.8 Å². The van der Waals surface area contributed by atoms with Gasteiger partial charge in [-0.2, -0.15) is 0 Å². The Morgan fingerprint density at radius 3 is 2.24 bits per heavy atom. The van der Waals surface area contributed by atoms with Gasteiger partial charge in [0, 0.05) is 5.69 Å². The van der Waals surface area contributed by atoms with Crippen LogP contribution in [0.15, 0.2) is 29.2 Å². The summed E-state index contributed by atoms with van der Waals surface area (Å²) in [5.41, 5.74) is 5.89. The summed E-state index contributed by atoms with van der Waals surface area (Å²) in [5.74, 6) is -0.202. The fourth-order valence-corrected chi connectivity index (χ4v) is 3.23. The van der Waals surface area contributed by atoms with Gasteiger partial charge in [-0.25, -0.2) is 13.1 Å². The molecule has 1 aromatic carbocycles. The Hall–Kier alpha value is -1.44. The van der Waals surface area contributed by atoms with E-state index in [0.29, 0.717) is 18.5 Å². The van der Waals surface area contributed by atoms with Crippen molar-refractivity contribution >= 4 is 21.6 Å². The first kappa shape index (κ1) is 15.9. The number of nitrogens with one attached hydrogen (secondary N) is 2. The lowest BCUT2D eigenvalue weighted by Crippen LogP contribution is -2.52. The van der Waals surface area contributed by atoms with Crippen LogP contribution in [0.4, 0.5) is 5.69 Å². The van der Waals surface area contributed by atoms with E-state index in [9.17, 15) is 13.2 Å². The van der Waals surface area contributed by atoms with Gasteiger partial charge in [0.15, 0.2) is 0 Å². The Labute approximate surface area is 125 Å². The number of hydrogen-bond acceptors (Lipinski definition) is 4. The van der Waals surface area contributed by atoms with E-state index in [-0.39, 0.29) is 10.8 Å². The van der Waals surface area contributed by atoms with Gasteiger partial charge in [0.2, 0.25) is 15.9 Å². The summed E-state index contributed by atoms with van der Waals surface area (Å²) in [6, 6.07) is 6.03. The zero-order valence-electron chi connectivity index (χ0n) is 12.1. The zero-order chi connectivity index (χ0) is 15.5. The predicted molar refractivity (Wildman–Crippen MR) is 81.3 cm³/mol. The molecule has 0 atom stereocenters. The Kier molecular flexibility index (Phi) is 4.65. The normalized spacial score (nSPS) is 18.2. The lowest BCUT2D eigenvalue weighted by Gasteiger charge is -2.31. The van der Waals surface area contributed by atoms with Crippen LogP contribution in [0.2, 0.25) is 0 Å². The number of amides is 1. The van der Waals surface area contributed by atoms with E-state index in [2.05, 4.69) is 10.0 Å². The number of rotatable bonds is 4. The Balaban J connectivity index is 2.08. The van der Waals surface area contributed by atoms with Crippen LogP contribution in [0.1, 0.15) is 32.1 Å². The second-order valence-corrected chi connectivity index (χ2v) is 7.29. The molecule has 1 aromatic rings. The number of sulfonamides is 1. The average molecular weight is 311 g/mol. The van der Waals surface area contributed by atoms with E-state index >= 15 is 0 Å². The van der Waals surface area contributed by atoms with Gasteiger partial charge in [0.1, 0.15) is 0 Å². The van der Waals surface area contributed by atoms with Crippen LogP contribution in [0.3, 0.4) is 0 Å². The van der Waals surface area contributed by atoms with E-state index in [1.807, 2.05) is 0 Å². The first-order valence-corrected chi connectivity index (χ1v) is 8.50. The molecule has 4 N–H and O–H groups in total. The Morgan fingerprint density at radius 2 is 1.71 bits per heavy atom. The molecule has 0 aliphatic heterocycles. The maximum Gasteiger partial charge on any atom is 0.244 e. The van der Waals surface area contributed by atoms with Crippen LogP contribution in [-0.2, 0) is 14.8 Å². The maximum atomic E-state index is 12.3. The van der Waals surface area contributed by atoms with Crippen molar-refractivity contribution in [1.29, 1.82) is 0 Å². The third-order valence-electron chi connectivity index (χ3n) is 3.89. The second-order valence-electron chi connectivity index (χ2n) is 5.40. The summed E-state index contributed by atoms with van der Waals surface area (Å²) in [5, 5.41) is 2.77. The topological polar surface area (TPSA) is 101 Å². The molecule has 7 heteroatoms. The first-order valence-electron chi connectivity index (χ1n) is 7.01. The predicted octanol–water partition coefficient (Wildman–Crippen LogP) is 1.19. The molecule has 21 heavy (non-hydrogen) atoms. The third kappa shape index (κ3) is 3.61. The van der Waals surface area contributed by atoms with E-state index in [4.69, 9.17) is 5.73 Å². The summed E-state index contributed by atoms with van der Waals surface area (Å²) in [6.45, 7) is 0. The van der Waals surface area contributed by atoms with Crippen molar-refractivity contribution in [2.75, 3.05) is 12.4 Å². The number of benzene rings is 1. The molecular formula is C14H21N3O3S. The molecule has 0 heterocycles. The molecule has 1 saturated carbocycles. The maximum absolute atomic E-state index is 12.3. The highest BCUT2D eigenvalue weighted by atomic mass is 32.2. The average Bonchev–Trinajstić information content (AvgIpc) is 2.48. The number of carbonyl (C=O) groups is 1. The van der Waals surface area contributed by atoms with E-state index in [1.165, 1.54) is 19.2 Å². The molecule has 0 unspecified atom stereocenters. The van der Waals surface area contributed by atoms with Crippen molar-refractivity contribution < 1.29 is 13.2 Å². The van der Waals surface area contributed by atoms with Gasteiger partial charge in [0.25, 0.3) is 0 Å². The fourth-order valence-electron chi connectivity index (χ4n) is 2.50. The highest BCUT2D eigenvalue weighted by Crippen LogP contribution is 2.27. The second kappa shape index (κ2) is 6.13. The van der Waals surface area contributed by atoms with E-state index < -0.39 is 15.6 Å². The van der Waals surface area contributed by atoms with Crippen LogP contribution in [-0.4, -0.2) is 26.9 Å². The summed E-state index contributed by atoms with van der Waals surface area (Å²) < 4.78 is 25.5. The molecule has 1 aliphatic rings. The lowest BCUT2D eigenvalue weighted by molar-refractivity contribution is -0.122. The molecule has 0 saturated heterocycles. The molecule has 1 aliphatic carbocycles. The van der Waals surface area contributed by atoms with Crippen LogP contribution in [0.25, 0.3) is 0 Å². The van der Waals surface area contributed by atoms with Crippen molar-refractivity contribution in [2.45, 2.75) is 42.5 Å². The molecule has 6 nitrogen and oxygen atoms in total. The minimum atomic E-state index is -3.46. The van der Waals surface area contributed by atoms with Gasteiger partial charge >= 0.3 is 0 Å². The molecule has 0 aromatic heterocycles. The highest BCUT2D eigenvalue weighted by molar-refractivity contribution is 7.89. The van der Waals surface area contributed by atoms with Gasteiger partial charge in [-0.1, -0.05) is 19.3 Å². The molecule has 1 amide bonds. The smallest absolute Gasteiger partial charge is 0.244 e. The molecular weight excluding hydrogens is 290 g/mol. The summed E-state index contributed by atoms with van der Waals surface area (Å²) in [7, 11) is -2.11. The minimum Gasteiger partial charge on any atom is -0.324 e. The van der Waals surface area contributed by atoms with Gasteiger partial charge in [0.05, 0.1) is 10.4 Å². The number of carbonyl (C=O) groups excluding carboxylic acids is 1. The molecule has 116 valence electrons. The SMILES string of the molecule is CNS(=O)(=O)c1ccc(NC(=O)C2(N)CCCCC2)cc1. The summed E-state index contributed by atoms with van der Waals surface area (Å²) >= 11 is 0. The highest BCUT2D eigenvalue weighted by Gasteiger charge is 2.35. The van der Waals surface area contributed by atoms with Crippen molar-refractivity contribution in [2.24, 2.45) is 5.73 Å². The van der Waals surface area contributed by atoms with Crippen molar-refractivity contribution in [3.8, 4) is 0 Å². The first-order chi connectivity index (χ1) is 9.87. The van der Waals surface area contributed by atoms with E-state index in [0.717, 1.165) is 19.3 Å². The van der Waals surface area contributed by atoms with E-state index in [1.54, 1.807) is 12.1 Å². The summed E-state index contributed by atoms with van der Waals surface area (Å²) in [6.07, 6.45) is 4.41. The van der Waals surface area contributed by atoms with Crippen LogP contribution >= 0.6 is 0 Å².